The molecule has 0 bridgehead atoms. The van der Waals surface area contributed by atoms with Gasteiger partial charge in [-0.25, -0.2) is 0 Å². The maximum atomic E-state index is 12.0. The van der Waals surface area contributed by atoms with Crippen molar-refractivity contribution in [2.45, 2.75) is 58.0 Å². The van der Waals surface area contributed by atoms with Gasteiger partial charge in [0.05, 0.1) is 0 Å². The average molecular weight is 295 g/mol. The fraction of sp³-hybridized carbons (Fsp3) is 0.688. The van der Waals surface area contributed by atoms with Crippen LogP contribution in [0.5, 0.6) is 0 Å². The Hall–Kier alpha value is -0.870. The van der Waals surface area contributed by atoms with Gasteiger partial charge in [-0.3, -0.25) is 9.69 Å². The fourth-order valence-electron chi connectivity index (χ4n) is 3.63. The monoisotopic (exact) mass is 295 g/mol. The maximum absolute atomic E-state index is 12.0. The molecule has 1 aliphatic rings. The minimum atomic E-state index is -0.659. The zero-order valence-corrected chi connectivity index (χ0v) is 13.4. The summed E-state index contributed by atoms with van der Waals surface area (Å²) in [6, 6.07) is 4.43. The molecule has 20 heavy (non-hydrogen) atoms. The van der Waals surface area contributed by atoms with Crippen LogP contribution in [0.3, 0.4) is 0 Å². The summed E-state index contributed by atoms with van der Waals surface area (Å²) in [4.78, 5) is 15.6. The molecular formula is C16H25NO2S. The molecule has 0 aliphatic carbocycles. The topological polar surface area (TPSA) is 40.5 Å². The largest absolute Gasteiger partial charge is 0.480 e. The fourth-order valence-corrected chi connectivity index (χ4v) is 4.64. The van der Waals surface area contributed by atoms with Crippen LogP contribution in [0.2, 0.25) is 0 Å². The summed E-state index contributed by atoms with van der Waals surface area (Å²) < 4.78 is 0. The smallest absolute Gasteiger partial charge is 0.324 e. The quantitative estimate of drug-likeness (QED) is 0.856. The van der Waals surface area contributed by atoms with Crippen LogP contribution < -0.4 is 0 Å². The van der Waals surface area contributed by atoms with Crippen LogP contribution >= 0.6 is 11.3 Å². The lowest BCUT2D eigenvalue weighted by Crippen LogP contribution is -2.52. The molecule has 3 nitrogen and oxygen atoms in total. The molecular weight excluding hydrogens is 270 g/mol. The predicted molar refractivity (Wildman–Crippen MR) is 83.1 cm³/mol. The van der Waals surface area contributed by atoms with Crippen molar-refractivity contribution < 1.29 is 9.90 Å². The zero-order valence-electron chi connectivity index (χ0n) is 12.6. The summed E-state index contributed by atoms with van der Waals surface area (Å²) in [5, 5.41) is 11.9. The molecule has 4 heteroatoms. The number of rotatable bonds is 6. The molecule has 1 fully saturated rings. The summed E-state index contributed by atoms with van der Waals surface area (Å²) >= 11 is 1.74. The first-order valence-corrected chi connectivity index (χ1v) is 8.44. The Morgan fingerprint density at radius 2 is 2.30 bits per heavy atom. The van der Waals surface area contributed by atoms with Crippen LogP contribution in [-0.2, 0) is 4.79 Å². The van der Waals surface area contributed by atoms with Crippen molar-refractivity contribution in [3.05, 3.63) is 22.4 Å². The van der Waals surface area contributed by atoms with Crippen molar-refractivity contribution in [2.24, 2.45) is 5.92 Å². The molecule has 1 N–H and O–H groups in total. The number of carboxylic acids is 1. The summed E-state index contributed by atoms with van der Waals surface area (Å²) in [7, 11) is 0. The number of thiophene rings is 1. The van der Waals surface area contributed by atoms with Gasteiger partial charge in [0.2, 0.25) is 0 Å². The summed E-state index contributed by atoms with van der Waals surface area (Å²) in [6.07, 6.45) is 3.43. The Morgan fingerprint density at radius 1 is 1.55 bits per heavy atom. The van der Waals surface area contributed by atoms with Gasteiger partial charge in [0.25, 0.3) is 0 Å². The van der Waals surface area contributed by atoms with E-state index in [4.69, 9.17) is 0 Å². The number of carbonyl (C=O) groups is 1. The average Bonchev–Trinajstić information content (AvgIpc) is 3.01. The first kappa shape index (κ1) is 15.5. The highest BCUT2D eigenvalue weighted by Crippen LogP contribution is 2.44. The van der Waals surface area contributed by atoms with Crippen LogP contribution in [0.25, 0.3) is 0 Å². The van der Waals surface area contributed by atoms with Crippen molar-refractivity contribution >= 4 is 17.3 Å². The third-order valence-corrected chi connectivity index (χ3v) is 5.35. The standard InChI is InChI=1S/C16H25NO2S/c1-4-8-16(15(18)19)9-6-10-17(16)14(12(2)3)13-7-5-11-20-13/h5,7,11-12,14H,4,6,8-10H2,1-3H3,(H,18,19). The van der Waals surface area contributed by atoms with Gasteiger partial charge >= 0.3 is 5.97 Å². The number of hydrogen-bond acceptors (Lipinski definition) is 3. The second kappa shape index (κ2) is 6.27. The molecule has 0 radical (unpaired) electrons. The van der Waals surface area contributed by atoms with E-state index in [1.807, 2.05) is 0 Å². The molecule has 0 amide bonds. The molecule has 112 valence electrons. The Bertz CT molecular complexity index is 443. The van der Waals surface area contributed by atoms with Crippen molar-refractivity contribution in [1.29, 1.82) is 0 Å². The van der Waals surface area contributed by atoms with Crippen LogP contribution in [0.1, 0.15) is 57.4 Å². The molecule has 0 saturated carbocycles. The third-order valence-electron chi connectivity index (χ3n) is 4.40. The van der Waals surface area contributed by atoms with E-state index >= 15 is 0 Å². The van der Waals surface area contributed by atoms with E-state index in [-0.39, 0.29) is 6.04 Å². The summed E-state index contributed by atoms with van der Waals surface area (Å²) in [5.74, 6) is -0.221. The highest BCUT2D eigenvalue weighted by Gasteiger charge is 2.50. The maximum Gasteiger partial charge on any atom is 0.324 e. The number of carboxylic acid groups (broad SMARTS) is 1. The van der Waals surface area contributed by atoms with Crippen molar-refractivity contribution in [1.82, 2.24) is 4.90 Å². The molecule has 2 rings (SSSR count). The highest BCUT2D eigenvalue weighted by molar-refractivity contribution is 7.10. The van der Waals surface area contributed by atoms with Gasteiger partial charge in [0, 0.05) is 10.9 Å². The number of hydrogen-bond donors (Lipinski definition) is 1. The van der Waals surface area contributed by atoms with E-state index in [0.717, 1.165) is 32.2 Å². The predicted octanol–water partition coefficient (Wildman–Crippen LogP) is 4.16. The number of nitrogens with zero attached hydrogens (tertiary/aromatic N) is 1. The molecule has 1 aromatic rings. The normalized spacial score (nSPS) is 25.2. The molecule has 1 saturated heterocycles. The van der Waals surface area contributed by atoms with E-state index in [1.165, 1.54) is 4.88 Å². The van der Waals surface area contributed by atoms with Crippen LogP contribution in [0, 0.1) is 5.92 Å². The van der Waals surface area contributed by atoms with Gasteiger partial charge in [0.15, 0.2) is 0 Å². The Morgan fingerprint density at radius 3 is 2.80 bits per heavy atom. The first-order valence-electron chi connectivity index (χ1n) is 7.56. The van der Waals surface area contributed by atoms with Crippen molar-refractivity contribution in [3.8, 4) is 0 Å². The molecule has 1 aliphatic heterocycles. The molecule has 0 spiro atoms. The number of aliphatic carboxylic acids is 1. The highest BCUT2D eigenvalue weighted by atomic mass is 32.1. The van der Waals surface area contributed by atoms with E-state index < -0.39 is 11.5 Å². The van der Waals surface area contributed by atoms with Crippen LogP contribution in [-0.4, -0.2) is 28.1 Å². The van der Waals surface area contributed by atoms with Crippen LogP contribution in [0.4, 0.5) is 0 Å². The molecule has 2 unspecified atom stereocenters. The van der Waals surface area contributed by atoms with Gasteiger partial charge in [-0.15, -0.1) is 11.3 Å². The van der Waals surface area contributed by atoms with Gasteiger partial charge in [0.1, 0.15) is 5.54 Å². The number of likely N-dealkylation sites (tertiary alicyclic amines) is 1. The summed E-state index contributed by atoms with van der Waals surface area (Å²) in [5.41, 5.74) is -0.659. The molecule has 2 atom stereocenters. The van der Waals surface area contributed by atoms with Gasteiger partial charge in [-0.05, 0) is 43.2 Å². The lowest BCUT2D eigenvalue weighted by molar-refractivity contribution is -0.152. The van der Waals surface area contributed by atoms with Gasteiger partial charge < -0.3 is 5.11 Å². The van der Waals surface area contributed by atoms with Gasteiger partial charge in [-0.2, -0.15) is 0 Å². The second-order valence-electron chi connectivity index (χ2n) is 6.09. The van der Waals surface area contributed by atoms with Crippen LogP contribution in [0.15, 0.2) is 17.5 Å². The van der Waals surface area contributed by atoms with E-state index in [9.17, 15) is 9.90 Å². The van der Waals surface area contributed by atoms with Crippen molar-refractivity contribution in [3.63, 3.8) is 0 Å². The Kier molecular flexibility index (Phi) is 4.86. The second-order valence-corrected chi connectivity index (χ2v) is 7.07. The van der Waals surface area contributed by atoms with Crippen molar-refractivity contribution in [2.75, 3.05) is 6.54 Å². The molecule has 0 aromatic carbocycles. The Balaban J connectivity index is 2.38. The third kappa shape index (κ3) is 2.63. The zero-order chi connectivity index (χ0) is 14.8. The molecule has 1 aromatic heterocycles. The van der Waals surface area contributed by atoms with E-state index in [0.29, 0.717) is 5.92 Å². The molecule has 2 heterocycles. The minimum absolute atomic E-state index is 0.222. The minimum Gasteiger partial charge on any atom is -0.480 e. The lowest BCUT2D eigenvalue weighted by Gasteiger charge is -2.41. The van der Waals surface area contributed by atoms with E-state index in [2.05, 4.69) is 43.2 Å². The van der Waals surface area contributed by atoms with Gasteiger partial charge in [-0.1, -0.05) is 33.3 Å². The summed E-state index contributed by atoms with van der Waals surface area (Å²) in [6.45, 7) is 7.37. The first-order chi connectivity index (χ1) is 9.53. The Labute approximate surface area is 125 Å². The SMILES string of the molecule is CCCC1(C(=O)O)CCCN1C(c1cccs1)C(C)C. The van der Waals surface area contributed by atoms with E-state index in [1.54, 1.807) is 11.3 Å². The lowest BCUT2D eigenvalue weighted by atomic mass is 9.87.